The van der Waals surface area contributed by atoms with Gasteiger partial charge in [0.15, 0.2) is 0 Å². The molecule has 0 radical (unpaired) electrons. The molecule has 0 saturated heterocycles. The lowest BCUT2D eigenvalue weighted by atomic mass is 10.1. The summed E-state index contributed by atoms with van der Waals surface area (Å²) in [6.07, 6.45) is 5.68. The van der Waals surface area contributed by atoms with E-state index in [1.54, 1.807) is 0 Å². The molecule has 106 valence electrons. The van der Waals surface area contributed by atoms with Crippen LogP contribution in [-0.4, -0.2) is 16.5 Å². The van der Waals surface area contributed by atoms with Gasteiger partial charge in [0.25, 0.3) is 0 Å². The first kappa shape index (κ1) is 14.9. The second-order valence-corrected chi connectivity index (χ2v) is 5.39. The van der Waals surface area contributed by atoms with E-state index in [1.165, 1.54) is 5.56 Å². The summed E-state index contributed by atoms with van der Waals surface area (Å²) in [5.74, 6) is 0.846. The van der Waals surface area contributed by atoms with Gasteiger partial charge in [-0.2, -0.15) is 0 Å². The van der Waals surface area contributed by atoms with Gasteiger partial charge in [0.05, 0.1) is 6.04 Å². The number of halogens is 1. The summed E-state index contributed by atoms with van der Waals surface area (Å²) in [4.78, 5) is 8.89. The van der Waals surface area contributed by atoms with Crippen LogP contribution in [0.2, 0.25) is 5.02 Å². The highest BCUT2D eigenvalue weighted by Crippen LogP contribution is 2.17. The maximum Gasteiger partial charge on any atom is 0.145 e. The molecule has 1 atom stereocenters. The highest BCUT2D eigenvalue weighted by Gasteiger charge is 2.14. The van der Waals surface area contributed by atoms with Crippen LogP contribution < -0.4 is 5.32 Å². The highest BCUT2D eigenvalue weighted by atomic mass is 35.5. The van der Waals surface area contributed by atoms with Crippen LogP contribution in [0.25, 0.3) is 0 Å². The van der Waals surface area contributed by atoms with Crippen molar-refractivity contribution < 1.29 is 0 Å². The van der Waals surface area contributed by atoms with E-state index in [0.717, 1.165) is 35.8 Å². The molecule has 20 heavy (non-hydrogen) atoms. The predicted octanol–water partition coefficient (Wildman–Crippen LogP) is 3.72. The number of aromatic nitrogens is 2. The van der Waals surface area contributed by atoms with Crippen molar-refractivity contribution in [2.24, 2.45) is 0 Å². The summed E-state index contributed by atoms with van der Waals surface area (Å²) in [7, 11) is 0. The van der Waals surface area contributed by atoms with Crippen LogP contribution in [-0.2, 0) is 6.42 Å². The Hall–Kier alpha value is -1.45. The molecule has 0 fully saturated rings. The van der Waals surface area contributed by atoms with Crippen molar-refractivity contribution in [3.8, 4) is 0 Å². The van der Waals surface area contributed by atoms with Crippen LogP contribution in [0, 0.1) is 6.92 Å². The number of aryl methyl sites for hydroxylation is 1. The summed E-state index contributed by atoms with van der Waals surface area (Å²) in [5.41, 5.74) is 2.31. The van der Waals surface area contributed by atoms with Gasteiger partial charge >= 0.3 is 0 Å². The van der Waals surface area contributed by atoms with E-state index in [2.05, 4.69) is 34.3 Å². The lowest BCUT2D eigenvalue weighted by Gasteiger charge is -2.17. The largest absolute Gasteiger partial charge is 0.307 e. The second-order valence-electron chi connectivity index (χ2n) is 4.96. The van der Waals surface area contributed by atoms with Crippen molar-refractivity contribution in [1.82, 2.24) is 15.3 Å². The average molecular weight is 290 g/mol. The summed E-state index contributed by atoms with van der Waals surface area (Å²) >= 11 is 5.93. The topological polar surface area (TPSA) is 37.8 Å². The minimum atomic E-state index is 0.136. The first-order valence-corrected chi connectivity index (χ1v) is 7.33. The molecule has 0 aliphatic heterocycles. The van der Waals surface area contributed by atoms with Crippen molar-refractivity contribution >= 4 is 11.6 Å². The van der Waals surface area contributed by atoms with E-state index >= 15 is 0 Å². The van der Waals surface area contributed by atoms with Crippen molar-refractivity contribution in [1.29, 1.82) is 0 Å². The normalized spacial score (nSPS) is 12.3. The van der Waals surface area contributed by atoms with Gasteiger partial charge in [-0.25, -0.2) is 9.97 Å². The predicted molar refractivity (Wildman–Crippen MR) is 83.0 cm³/mol. The van der Waals surface area contributed by atoms with Gasteiger partial charge in [-0.3, -0.25) is 0 Å². The molecule has 0 aliphatic rings. The smallest absolute Gasteiger partial charge is 0.145 e. The van der Waals surface area contributed by atoms with Crippen LogP contribution in [0.3, 0.4) is 0 Å². The Kier molecular flexibility index (Phi) is 5.50. The molecular weight excluding hydrogens is 270 g/mol. The molecule has 1 heterocycles. The SMILES string of the molecule is CCCNC(Cc1ccc(Cl)cc1)c1ncc(C)cn1. The van der Waals surface area contributed by atoms with Crippen LogP contribution in [0.1, 0.15) is 36.3 Å². The maximum absolute atomic E-state index is 5.93. The number of hydrogen-bond donors (Lipinski definition) is 1. The van der Waals surface area contributed by atoms with Gasteiger partial charge in [0.2, 0.25) is 0 Å². The molecule has 0 aliphatic carbocycles. The van der Waals surface area contributed by atoms with E-state index in [1.807, 2.05) is 31.5 Å². The number of hydrogen-bond acceptors (Lipinski definition) is 3. The number of nitrogens with zero attached hydrogens (tertiary/aromatic N) is 2. The molecule has 4 heteroatoms. The zero-order valence-corrected chi connectivity index (χ0v) is 12.7. The monoisotopic (exact) mass is 289 g/mol. The van der Waals surface area contributed by atoms with Crippen molar-refractivity contribution in [2.45, 2.75) is 32.7 Å². The second kappa shape index (κ2) is 7.36. The Morgan fingerprint density at radius 2 is 1.80 bits per heavy atom. The summed E-state index contributed by atoms with van der Waals surface area (Å²) in [6.45, 7) is 5.11. The first-order chi connectivity index (χ1) is 9.69. The van der Waals surface area contributed by atoms with E-state index in [-0.39, 0.29) is 6.04 Å². The Morgan fingerprint density at radius 1 is 1.15 bits per heavy atom. The van der Waals surface area contributed by atoms with Crippen LogP contribution >= 0.6 is 11.6 Å². The molecule has 1 unspecified atom stereocenters. The Bertz CT molecular complexity index is 522. The number of rotatable bonds is 6. The van der Waals surface area contributed by atoms with Crippen LogP contribution in [0.15, 0.2) is 36.7 Å². The van der Waals surface area contributed by atoms with E-state index < -0.39 is 0 Å². The van der Waals surface area contributed by atoms with Gasteiger partial charge in [0.1, 0.15) is 5.82 Å². The standard InChI is InChI=1S/C16H20ClN3/c1-3-8-18-15(16-19-10-12(2)11-20-16)9-13-4-6-14(17)7-5-13/h4-7,10-11,15,18H,3,8-9H2,1-2H3. The minimum Gasteiger partial charge on any atom is -0.307 e. The lowest BCUT2D eigenvalue weighted by molar-refractivity contribution is 0.504. The molecule has 0 bridgehead atoms. The molecule has 1 N–H and O–H groups in total. The van der Waals surface area contributed by atoms with Crippen LogP contribution in [0.4, 0.5) is 0 Å². The Morgan fingerprint density at radius 3 is 2.40 bits per heavy atom. The van der Waals surface area contributed by atoms with Gasteiger partial charge < -0.3 is 5.32 Å². The molecule has 1 aromatic carbocycles. The van der Waals surface area contributed by atoms with Gasteiger partial charge in [-0.15, -0.1) is 0 Å². The van der Waals surface area contributed by atoms with Crippen molar-refractivity contribution in [3.63, 3.8) is 0 Å². The molecule has 3 nitrogen and oxygen atoms in total. The summed E-state index contributed by atoms with van der Waals surface area (Å²) in [5, 5.41) is 4.27. The zero-order chi connectivity index (χ0) is 14.4. The average Bonchev–Trinajstić information content (AvgIpc) is 2.46. The number of nitrogens with one attached hydrogen (secondary N) is 1. The van der Waals surface area contributed by atoms with Crippen molar-refractivity contribution in [3.05, 3.63) is 58.6 Å². The zero-order valence-electron chi connectivity index (χ0n) is 11.9. The highest BCUT2D eigenvalue weighted by molar-refractivity contribution is 6.30. The quantitative estimate of drug-likeness (QED) is 0.881. The first-order valence-electron chi connectivity index (χ1n) is 6.95. The Labute approximate surface area is 125 Å². The van der Waals surface area contributed by atoms with E-state index in [9.17, 15) is 0 Å². The van der Waals surface area contributed by atoms with Gasteiger partial charge in [-0.1, -0.05) is 30.7 Å². The minimum absolute atomic E-state index is 0.136. The fraction of sp³-hybridized carbons (Fsp3) is 0.375. The molecule has 0 saturated carbocycles. The third-order valence-corrected chi connectivity index (χ3v) is 3.36. The van der Waals surface area contributed by atoms with Gasteiger partial charge in [-0.05, 0) is 49.6 Å². The van der Waals surface area contributed by atoms with Gasteiger partial charge in [0, 0.05) is 17.4 Å². The molecule has 0 spiro atoms. The molecule has 1 aromatic heterocycles. The lowest BCUT2D eigenvalue weighted by Crippen LogP contribution is -2.26. The summed E-state index contributed by atoms with van der Waals surface area (Å²) in [6, 6.07) is 8.08. The summed E-state index contributed by atoms with van der Waals surface area (Å²) < 4.78 is 0. The molecule has 0 amide bonds. The van der Waals surface area contributed by atoms with Crippen molar-refractivity contribution in [2.75, 3.05) is 6.54 Å². The maximum atomic E-state index is 5.93. The van der Waals surface area contributed by atoms with E-state index in [4.69, 9.17) is 11.6 Å². The molecule has 2 aromatic rings. The Balaban J connectivity index is 2.14. The van der Waals surface area contributed by atoms with E-state index in [0.29, 0.717) is 0 Å². The fourth-order valence-electron chi connectivity index (χ4n) is 2.01. The third-order valence-electron chi connectivity index (χ3n) is 3.11. The molecule has 2 rings (SSSR count). The third kappa shape index (κ3) is 4.29. The number of benzene rings is 1. The fourth-order valence-corrected chi connectivity index (χ4v) is 2.14. The van der Waals surface area contributed by atoms with Crippen LogP contribution in [0.5, 0.6) is 0 Å². The molecular formula is C16H20ClN3.